The van der Waals surface area contributed by atoms with Gasteiger partial charge in [-0.1, -0.05) is 145 Å². The predicted molar refractivity (Wildman–Crippen MR) is 254 cm³/mol. The quantitative estimate of drug-likeness (QED) is 0.156. The van der Waals surface area contributed by atoms with Crippen molar-refractivity contribution in [3.8, 4) is 45.0 Å². The van der Waals surface area contributed by atoms with Gasteiger partial charge < -0.3 is 13.8 Å². The van der Waals surface area contributed by atoms with Crippen molar-refractivity contribution in [3.05, 3.63) is 180 Å². The fraction of sp³-hybridized carbons (Fsp3) is 0.193. The first-order chi connectivity index (χ1) is 31.0. The van der Waals surface area contributed by atoms with Gasteiger partial charge in [-0.3, -0.25) is 9.37 Å². The van der Waals surface area contributed by atoms with Gasteiger partial charge in [-0.15, -0.1) is 48.0 Å². The van der Waals surface area contributed by atoms with E-state index >= 15 is 0 Å². The van der Waals surface area contributed by atoms with Crippen LogP contribution in [0.5, 0.6) is 0 Å². The standard InChI is InChI=1S/C45H40NO2.C12H9FN.Ir/c1-26(2)36-23-30(28-13-9-8-10-14-28)24-37(27(3)4)40(36)34-16-12-18-39-43(34)48-44(46-39)35-17-11-15-32-33-22-20-29-19-21-31(45(5,6)7)25-38(29)42(33)47-41(32)35;1-9-2-7-12(14-8-9)10-3-5-11(13)6-4-10;/h8-16,18-27H,1-7H3;2-3,5-8H,1H3;/q2*-1;/i;1D3;. The fourth-order valence-electron chi connectivity index (χ4n) is 8.22. The smallest absolute Gasteiger partial charge is 0.149 e. The van der Waals surface area contributed by atoms with E-state index in [1.165, 1.54) is 57.8 Å². The zero-order valence-electron chi connectivity index (χ0n) is 39.4. The third-order valence-corrected chi connectivity index (χ3v) is 11.5. The van der Waals surface area contributed by atoms with Crippen LogP contribution in [0.15, 0.2) is 148 Å². The number of oxazole rings is 1. The third kappa shape index (κ3) is 8.51. The monoisotopic (exact) mass is 1010 g/mol. The Morgan fingerprint density at radius 2 is 1.43 bits per heavy atom. The minimum absolute atomic E-state index is 0. The average molecular weight is 1010 g/mol. The van der Waals surface area contributed by atoms with E-state index in [0.29, 0.717) is 29.0 Å². The number of nitrogens with zero attached hydrogens (tertiary/aromatic N) is 2. The summed E-state index contributed by atoms with van der Waals surface area (Å²) in [5, 5.41) is 4.39. The predicted octanol–water partition coefficient (Wildman–Crippen LogP) is 16.2. The zero-order chi connectivity index (χ0) is 45.8. The maximum absolute atomic E-state index is 12.7. The summed E-state index contributed by atoms with van der Waals surface area (Å²) in [6, 6.07) is 50.1. The van der Waals surface area contributed by atoms with Crippen molar-refractivity contribution >= 4 is 43.8 Å². The van der Waals surface area contributed by atoms with E-state index in [2.05, 4.69) is 157 Å². The largest absolute Gasteiger partial charge is 0.500 e. The second-order valence-electron chi connectivity index (χ2n) is 17.6. The summed E-state index contributed by atoms with van der Waals surface area (Å²) in [6.45, 7) is 13.7. The van der Waals surface area contributed by atoms with E-state index < -0.39 is 6.85 Å². The van der Waals surface area contributed by atoms with Gasteiger partial charge >= 0.3 is 0 Å². The van der Waals surface area contributed by atoms with Crippen molar-refractivity contribution in [3.63, 3.8) is 0 Å². The van der Waals surface area contributed by atoms with Crippen LogP contribution in [0.4, 0.5) is 4.39 Å². The second kappa shape index (κ2) is 17.5. The molecule has 0 saturated heterocycles. The Morgan fingerprint density at radius 1 is 0.683 bits per heavy atom. The van der Waals surface area contributed by atoms with Crippen LogP contribution in [0.25, 0.3) is 88.8 Å². The summed E-state index contributed by atoms with van der Waals surface area (Å²) in [7, 11) is 0. The third-order valence-electron chi connectivity index (χ3n) is 11.5. The number of benzene rings is 7. The van der Waals surface area contributed by atoms with Crippen LogP contribution >= 0.6 is 0 Å². The van der Waals surface area contributed by atoms with E-state index in [-0.39, 0.29) is 36.9 Å². The summed E-state index contributed by atoms with van der Waals surface area (Å²) in [4.78, 5) is 9.09. The van der Waals surface area contributed by atoms with Crippen LogP contribution in [0.1, 0.15) is 86.7 Å². The maximum atomic E-state index is 12.7. The number of hydrogen-bond donors (Lipinski definition) is 0. The van der Waals surface area contributed by atoms with Crippen LogP contribution in [0.2, 0.25) is 0 Å². The average Bonchev–Trinajstić information content (AvgIpc) is 3.91. The first kappa shape index (κ1) is 39.6. The van der Waals surface area contributed by atoms with E-state index in [0.717, 1.165) is 54.9 Å². The molecule has 0 aliphatic carbocycles. The van der Waals surface area contributed by atoms with Crippen LogP contribution in [-0.2, 0) is 25.5 Å². The summed E-state index contributed by atoms with van der Waals surface area (Å²) in [5.41, 5.74) is 14.0. The molecule has 0 atom stereocenters. The summed E-state index contributed by atoms with van der Waals surface area (Å²) < 4.78 is 47.9. The first-order valence-electron chi connectivity index (χ1n) is 22.6. The van der Waals surface area contributed by atoms with Crippen LogP contribution in [0, 0.1) is 24.8 Å². The Labute approximate surface area is 386 Å². The molecular formula is C57H49FIrN2O2-2. The van der Waals surface area contributed by atoms with Crippen LogP contribution in [0.3, 0.4) is 0 Å². The Morgan fingerprint density at radius 3 is 2.10 bits per heavy atom. The number of halogens is 1. The van der Waals surface area contributed by atoms with Gasteiger partial charge in [0, 0.05) is 52.6 Å². The van der Waals surface area contributed by atoms with Gasteiger partial charge in [-0.25, -0.2) is 0 Å². The number of rotatable bonds is 6. The van der Waals surface area contributed by atoms with Gasteiger partial charge in [0.15, 0.2) is 0 Å². The number of aromatic nitrogens is 2. The van der Waals surface area contributed by atoms with Crippen LogP contribution < -0.4 is 0 Å². The molecule has 3 heterocycles. The summed E-state index contributed by atoms with van der Waals surface area (Å²) >= 11 is 0. The summed E-state index contributed by atoms with van der Waals surface area (Å²) in [6.07, 6.45) is 1.31. The van der Waals surface area contributed by atoms with Crippen LogP contribution in [-0.4, -0.2) is 9.97 Å². The maximum Gasteiger partial charge on any atom is 0.149 e. The second-order valence-corrected chi connectivity index (χ2v) is 17.6. The Hall–Kier alpha value is -6.20. The molecule has 0 fully saturated rings. The molecule has 3 aromatic heterocycles. The number of fused-ring (bicyclic) bond motifs is 6. The molecule has 10 aromatic rings. The fourth-order valence-corrected chi connectivity index (χ4v) is 8.22. The van der Waals surface area contributed by atoms with Crippen molar-refractivity contribution in [2.45, 2.75) is 72.6 Å². The number of hydrogen-bond acceptors (Lipinski definition) is 4. The van der Waals surface area contributed by atoms with Crippen molar-refractivity contribution < 1.29 is 37.4 Å². The molecule has 63 heavy (non-hydrogen) atoms. The Balaban J connectivity index is 0.000000278. The Bertz CT molecular complexity index is 3320. The van der Waals surface area contributed by atoms with E-state index in [1.54, 1.807) is 12.1 Å². The number of pyridine rings is 1. The van der Waals surface area contributed by atoms with Gasteiger partial charge in [0.2, 0.25) is 0 Å². The first-order valence-corrected chi connectivity index (χ1v) is 21.1. The van der Waals surface area contributed by atoms with E-state index in [9.17, 15) is 4.39 Å². The van der Waals surface area contributed by atoms with E-state index in [1.807, 2.05) is 12.1 Å². The molecule has 4 nitrogen and oxygen atoms in total. The van der Waals surface area contributed by atoms with Crippen molar-refractivity contribution in [1.82, 2.24) is 9.97 Å². The molecular weight excluding hydrogens is 956 g/mol. The summed E-state index contributed by atoms with van der Waals surface area (Å²) in [5.74, 6) is 0.767. The zero-order valence-corrected chi connectivity index (χ0v) is 38.8. The van der Waals surface area contributed by atoms with Gasteiger partial charge in [0.1, 0.15) is 17.1 Å². The molecule has 6 heteroatoms. The number of para-hydroxylation sites is 1. The molecule has 7 aromatic carbocycles. The molecule has 0 saturated carbocycles. The van der Waals surface area contributed by atoms with E-state index in [4.69, 9.17) is 17.9 Å². The molecule has 317 valence electrons. The molecule has 10 rings (SSSR count). The van der Waals surface area contributed by atoms with Gasteiger partial charge in [0.25, 0.3) is 0 Å². The molecule has 0 aliphatic heterocycles. The topological polar surface area (TPSA) is 52.1 Å². The minimum Gasteiger partial charge on any atom is -0.500 e. The SMILES string of the molecule is CC(C)c1cc(-c2ccccc2)cc(C(C)C)c1-c1cccc2nc(-c3[c-]ccc4c3oc3c5cc(C(C)(C)C)ccc5ccc43)oc12.[2H]C([2H])([2H])c1ccc(-c2[c-]cc(F)cc2)nc1.[Ir]. The molecule has 0 amide bonds. The van der Waals surface area contributed by atoms with Gasteiger partial charge in [-0.2, -0.15) is 0 Å². The Kier molecular flexibility index (Phi) is 11.0. The molecule has 0 aliphatic rings. The minimum atomic E-state index is -2.15. The number of aryl methyl sites for hydroxylation is 1. The van der Waals surface area contributed by atoms with Crippen molar-refractivity contribution in [2.75, 3.05) is 0 Å². The number of furan rings is 1. The van der Waals surface area contributed by atoms with Gasteiger partial charge in [0.05, 0.1) is 11.1 Å². The van der Waals surface area contributed by atoms with Crippen molar-refractivity contribution in [2.24, 2.45) is 0 Å². The molecule has 1 radical (unpaired) electrons. The molecule has 0 unspecified atom stereocenters. The van der Waals surface area contributed by atoms with Gasteiger partial charge in [-0.05, 0) is 91.8 Å². The normalized spacial score (nSPS) is 12.6. The molecule has 0 N–H and O–H groups in total. The van der Waals surface area contributed by atoms with Crippen molar-refractivity contribution in [1.29, 1.82) is 0 Å². The molecule has 0 bridgehead atoms. The molecule has 0 spiro atoms.